The number of halogens is 3. The second kappa shape index (κ2) is 7.67. The Bertz CT molecular complexity index is 1200. The van der Waals surface area contributed by atoms with E-state index in [1.807, 2.05) is 36.4 Å². The molecule has 0 radical (unpaired) electrons. The van der Waals surface area contributed by atoms with Crippen LogP contribution in [0.15, 0.2) is 77.7 Å². The SMILES string of the molecule is O=C(NCC1C=Cc2ccccc21)c1cccn(-c2cccc(C(F)(F)F)c2)c1=O. The van der Waals surface area contributed by atoms with Crippen molar-refractivity contribution in [3.05, 3.63) is 106 Å². The van der Waals surface area contributed by atoms with Crippen LogP contribution in [0.5, 0.6) is 0 Å². The molecule has 0 aliphatic heterocycles. The van der Waals surface area contributed by atoms with Gasteiger partial charge in [-0.2, -0.15) is 13.2 Å². The van der Waals surface area contributed by atoms with E-state index >= 15 is 0 Å². The van der Waals surface area contributed by atoms with Crippen LogP contribution in [0.25, 0.3) is 11.8 Å². The maximum atomic E-state index is 13.0. The van der Waals surface area contributed by atoms with E-state index in [0.29, 0.717) is 6.54 Å². The maximum absolute atomic E-state index is 13.0. The van der Waals surface area contributed by atoms with Crippen molar-refractivity contribution in [1.29, 1.82) is 0 Å². The van der Waals surface area contributed by atoms with Crippen molar-refractivity contribution < 1.29 is 18.0 Å². The van der Waals surface area contributed by atoms with Crippen molar-refractivity contribution in [2.45, 2.75) is 12.1 Å². The van der Waals surface area contributed by atoms with Crippen molar-refractivity contribution >= 4 is 12.0 Å². The van der Waals surface area contributed by atoms with Crippen molar-refractivity contribution in [1.82, 2.24) is 9.88 Å². The van der Waals surface area contributed by atoms with E-state index in [1.54, 1.807) is 0 Å². The number of benzene rings is 2. The van der Waals surface area contributed by atoms with E-state index < -0.39 is 23.2 Å². The molecular formula is C23H17F3N2O2. The number of carbonyl (C=O) groups excluding carboxylic acids is 1. The van der Waals surface area contributed by atoms with Gasteiger partial charge in [0.25, 0.3) is 11.5 Å². The first-order valence-corrected chi connectivity index (χ1v) is 9.29. The smallest absolute Gasteiger partial charge is 0.351 e. The van der Waals surface area contributed by atoms with Gasteiger partial charge in [0.05, 0.1) is 5.56 Å². The molecule has 30 heavy (non-hydrogen) atoms. The first kappa shape index (κ1) is 19.7. The summed E-state index contributed by atoms with van der Waals surface area (Å²) in [6, 6.07) is 15.1. The third kappa shape index (κ3) is 3.78. The van der Waals surface area contributed by atoms with E-state index in [1.165, 1.54) is 30.5 Å². The van der Waals surface area contributed by atoms with Crippen LogP contribution in [0.2, 0.25) is 0 Å². The Morgan fingerprint density at radius 3 is 2.63 bits per heavy atom. The quantitative estimate of drug-likeness (QED) is 0.693. The Morgan fingerprint density at radius 1 is 1.03 bits per heavy atom. The Hall–Kier alpha value is -3.61. The van der Waals surface area contributed by atoms with Crippen LogP contribution in [0.3, 0.4) is 0 Å². The van der Waals surface area contributed by atoms with E-state index in [-0.39, 0.29) is 17.2 Å². The molecule has 0 bridgehead atoms. The molecule has 1 heterocycles. The number of nitrogens with zero attached hydrogens (tertiary/aromatic N) is 1. The van der Waals surface area contributed by atoms with Crippen LogP contribution < -0.4 is 10.9 Å². The van der Waals surface area contributed by atoms with E-state index in [2.05, 4.69) is 5.32 Å². The van der Waals surface area contributed by atoms with Gasteiger partial charge in [0.2, 0.25) is 0 Å². The van der Waals surface area contributed by atoms with Gasteiger partial charge in [0, 0.05) is 24.3 Å². The number of hydrogen-bond donors (Lipinski definition) is 1. The lowest BCUT2D eigenvalue weighted by atomic mass is 10.0. The highest BCUT2D eigenvalue weighted by Gasteiger charge is 2.30. The summed E-state index contributed by atoms with van der Waals surface area (Å²) in [5.74, 6) is -0.571. The molecule has 2 aromatic carbocycles. The van der Waals surface area contributed by atoms with E-state index in [0.717, 1.165) is 27.8 Å². The van der Waals surface area contributed by atoms with Crippen LogP contribution in [0.4, 0.5) is 13.2 Å². The number of alkyl halides is 3. The van der Waals surface area contributed by atoms with Crippen LogP contribution in [0, 0.1) is 0 Å². The average molecular weight is 410 g/mol. The molecule has 0 fully saturated rings. The molecule has 1 unspecified atom stereocenters. The Balaban J connectivity index is 1.56. The molecule has 3 aromatic rings. The van der Waals surface area contributed by atoms with Gasteiger partial charge in [-0.15, -0.1) is 0 Å². The van der Waals surface area contributed by atoms with Crippen molar-refractivity contribution in [2.75, 3.05) is 6.54 Å². The molecule has 1 amide bonds. The minimum Gasteiger partial charge on any atom is -0.351 e. The number of carbonyl (C=O) groups is 1. The molecule has 1 aliphatic rings. The summed E-state index contributed by atoms with van der Waals surface area (Å²) in [7, 11) is 0. The molecule has 0 saturated heterocycles. The number of aromatic nitrogens is 1. The molecule has 152 valence electrons. The van der Waals surface area contributed by atoms with Crippen LogP contribution in [-0.4, -0.2) is 17.0 Å². The highest BCUT2D eigenvalue weighted by molar-refractivity contribution is 5.94. The standard InChI is InChI=1S/C23H17F3N2O2/c24-23(25,26)17-6-3-7-18(13-17)28-12-4-9-20(22(28)30)21(29)27-14-16-11-10-15-5-1-2-8-19(15)16/h1-13,16H,14H2,(H,27,29). The Labute approximate surface area is 170 Å². The highest BCUT2D eigenvalue weighted by atomic mass is 19.4. The largest absolute Gasteiger partial charge is 0.416 e. The molecule has 4 nitrogen and oxygen atoms in total. The zero-order valence-corrected chi connectivity index (χ0v) is 15.7. The summed E-state index contributed by atoms with van der Waals surface area (Å²) in [5.41, 5.74) is 0.531. The first-order valence-electron chi connectivity index (χ1n) is 9.29. The maximum Gasteiger partial charge on any atom is 0.416 e. The third-order valence-electron chi connectivity index (χ3n) is 5.03. The first-order chi connectivity index (χ1) is 14.3. The molecule has 1 N–H and O–H groups in total. The van der Waals surface area contributed by atoms with Crippen LogP contribution >= 0.6 is 0 Å². The molecule has 4 rings (SSSR count). The van der Waals surface area contributed by atoms with Crippen LogP contribution in [-0.2, 0) is 6.18 Å². The van der Waals surface area contributed by atoms with Gasteiger partial charge in [-0.1, -0.05) is 42.5 Å². The summed E-state index contributed by atoms with van der Waals surface area (Å²) in [6.45, 7) is 0.310. The van der Waals surface area contributed by atoms with Gasteiger partial charge in [-0.3, -0.25) is 14.2 Å². The fourth-order valence-corrected chi connectivity index (χ4v) is 3.50. The van der Waals surface area contributed by atoms with Gasteiger partial charge in [0.15, 0.2) is 0 Å². The average Bonchev–Trinajstić information content (AvgIpc) is 3.15. The molecule has 0 saturated carbocycles. The van der Waals surface area contributed by atoms with Gasteiger partial charge >= 0.3 is 6.18 Å². The van der Waals surface area contributed by atoms with Gasteiger partial charge in [0.1, 0.15) is 5.56 Å². The van der Waals surface area contributed by atoms with Gasteiger partial charge < -0.3 is 5.32 Å². The normalized spacial score (nSPS) is 15.1. The van der Waals surface area contributed by atoms with Crippen LogP contribution in [0.1, 0.15) is 33.0 Å². The fourth-order valence-electron chi connectivity index (χ4n) is 3.50. The van der Waals surface area contributed by atoms with Gasteiger partial charge in [-0.05, 0) is 41.5 Å². The minimum atomic E-state index is -4.53. The lowest BCUT2D eigenvalue weighted by Crippen LogP contribution is -2.34. The summed E-state index contributed by atoms with van der Waals surface area (Å²) >= 11 is 0. The van der Waals surface area contributed by atoms with Crippen molar-refractivity contribution in [3.8, 4) is 5.69 Å². The van der Waals surface area contributed by atoms with Crippen molar-refractivity contribution in [3.63, 3.8) is 0 Å². The second-order valence-electron chi connectivity index (χ2n) is 6.95. The summed E-state index contributed by atoms with van der Waals surface area (Å²) < 4.78 is 40.0. The lowest BCUT2D eigenvalue weighted by Gasteiger charge is -2.13. The zero-order chi connectivity index (χ0) is 21.3. The monoisotopic (exact) mass is 410 g/mol. The summed E-state index contributed by atoms with van der Waals surface area (Å²) in [5, 5.41) is 2.75. The second-order valence-corrected chi connectivity index (χ2v) is 6.95. The lowest BCUT2D eigenvalue weighted by molar-refractivity contribution is -0.137. The zero-order valence-electron chi connectivity index (χ0n) is 15.7. The highest BCUT2D eigenvalue weighted by Crippen LogP contribution is 2.30. The molecule has 1 atom stereocenters. The molecule has 0 spiro atoms. The molecular weight excluding hydrogens is 393 g/mol. The van der Waals surface area contributed by atoms with Crippen molar-refractivity contribution in [2.24, 2.45) is 0 Å². The van der Waals surface area contributed by atoms with E-state index in [4.69, 9.17) is 0 Å². The molecule has 1 aromatic heterocycles. The third-order valence-corrected chi connectivity index (χ3v) is 5.03. The number of nitrogens with one attached hydrogen (secondary N) is 1. The fraction of sp³-hybridized carbons (Fsp3) is 0.130. The van der Waals surface area contributed by atoms with E-state index in [9.17, 15) is 22.8 Å². The predicted octanol–water partition coefficient (Wildman–Crippen LogP) is 4.40. The minimum absolute atomic E-state index is 0.000412. The Morgan fingerprint density at radius 2 is 1.83 bits per heavy atom. The number of rotatable bonds is 4. The summed E-state index contributed by atoms with van der Waals surface area (Å²) in [4.78, 5) is 25.4. The molecule has 1 aliphatic carbocycles. The number of hydrogen-bond acceptors (Lipinski definition) is 2. The number of fused-ring (bicyclic) bond motifs is 1. The predicted molar refractivity (Wildman–Crippen MR) is 108 cm³/mol. The van der Waals surface area contributed by atoms with Gasteiger partial charge in [-0.25, -0.2) is 0 Å². The number of pyridine rings is 1. The Kier molecular flexibility index (Phi) is 5.03. The summed E-state index contributed by atoms with van der Waals surface area (Å²) in [6.07, 6.45) is 0.774. The molecule has 7 heteroatoms. The topological polar surface area (TPSA) is 51.1 Å². The number of amides is 1.